The van der Waals surface area contributed by atoms with Gasteiger partial charge in [0.25, 0.3) is 10.1 Å². The van der Waals surface area contributed by atoms with Gasteiger partial charge < -0.3 is 10.3 Å². The lowest BCUT2D eigenvalue weighted by Crippen LogP contribution is -1.96. The van der Waals surface area contributed by atoms with Crippen molar-refractivity contribution in [1.82, 2.24) is 4.98 Å². The number of nitrogens with one attached hydrogen (secondary N) is 2. The monoisotopic (exact) mass is 408 g/mol. The quantitative estimate of drug-likeness (QED) is 0.384. The van der Waals surface area contributed by atoms with Gasteiger partial charge in [-0.05, 0) is 54.6 Å². The summed E-state index contributed by atoms with van der Waals surface area (Å²) in [5.74, 6) is 0. The Balaban J connectivity index is 0.000000125. The molecule has 0 amide bonds. The highest BCUT2D eigenvalue weighted by atomic mass is 32.2. The van der Waals surface area contributed by atoms with Gasteiger partial charge in [0.15, 0.2) is 0 Å². The number of hydrogen-bond donors (Lipinski definition) is 3. The zero-order valence-electron chi connectivity index (χ0n) is 16.2. The molecule has 5 rings (SSSR count). The lowest BCUT2D eigenvalue weighted by atomic mass is 10.2. The van der Waals surface area contributed by atoms with Crippen LogP contribution in [0.3, 0.4) is 0 Å². The van der Waals surface area contributed by atoms with E-state index in [1.807, 2.05) is 25.3 Å². The molecule has 0 bridgehead atoms. The van der Waals surface area contributed by atoms with E-state index in [1.165, 1.54) is 40.7 Å². The molecule has 0 saturated heterocycles. The molecule has 5 nitrogen and oxygen atoms in total. The molecule has 3 aromatic carbocycles. The standard InChI is InChI=1S/C8H9N.C8H7N.C7H8O3S/c2*1-2-4-8-7(3-1)5-6-9-8;1-6-2-4-7(5-3-6)11(8,9)10/h1-4,9H,5-6H2;1-6,9H;2-5H,1H3,(H,8,9,10). The molecule has 0 radical (unpaired) electrons. The van der Waals surface area contributed by atoms with Gasteiger partial charge in [0.2, 0.25) is 0 Å². The molecule has 0 unspecified atom stereocenters. The predicted molar refractivity (Wildman–Crippen MR) is 118 cm³/mol. The lowest BCUT2D eigenvalue weighted by Gasteiger charge is -1.95. The van der Waals surface area contributed by atoms with Crippen LogP contribution in [0.5, 0.6) is 0 Å². The maximum absolute atomic E-state index is 10.5. The van der Waals surface area contributed by atoms with Crippen molar-refractivity contribution in [3.8, 4) is 0 Å². The Morgan fingerprint density at radius 1 is 0.862 bits per heavy atom. The van der Waals surface area contributed by atoms with E-state index >= 15 is 0 Å². The number of benzene rings is 3. The van der Waals surface area contributed by atoms with Crippen molar-refractivity contribution in [2.45, 2.75) is 18.2 Å². The number of anilines is 1. The molecule has 0 fully saturated rings. The van der Waals surface area contributed by atoms with E-state index < -0.39 is 10.1 Å². The van der Waals surface area contributed by atoms with Crippen molar-refractivity contribution < 1.29 is 13.0 Å². The van der Waals surface area contributed by atoms with E-state index in [4.69, 9.17) is 4.55 Å². The highest BCUT2D eigenvalue weighted by molar-refractivity contribution is 7.85. The molecule has 0 aliphatic carbocycles. The smallest absolute Gasteiger partial charge is 0.294 e. The molecule has 2 heterocycles. The number of hydrogen-bond acceptors (Lipinski definition) is 3. The van der Waals surface area contributed by atoms with E-state index in [0.29, 0.717) is 0 Å². The van der Waals surface area contributed by atoms with Crippen molar-refractivity contribution >= 4 is 26.7 Å². The van der Waals surface area contributed by atoms with Crippen LogP contribution in [0.2, 0.25) is 0 Å². The molecule has 0 atom stereocenters. The molecule has 150 valence electrons. The summed E-state index contributed by atoms with van der Waals surface area (Å²) in [6, 6.07) is 24.7. The van der Waals surface area contributed by atoms with Gasteiger partial charge in [0, 0.05) is 23.9 Å². The SMILES string of the molecule is Cc1ccc(S(=O)(=O)O)cc1.c1ccc2[nH]ccc2c1.c1ccc2c(c1)CCN2. The van der Waals surface area contributed by atoms with Crippen molar-refractivity contribution in [3.63, 3.8) is 0 Å². The third-order valence-corrected chi connectivity index (χ3v) is 5.38. The van der Waals surface area contributed by atoms with Gasteiger partial charge in [0.05, 0.1) is 4.90 Å². The van der Waals surface area contributed by atoms with Gasteiger partial charge in [-0.3, -0.25) is 4.55 Å². The van der Waals surface area contributed by atoms with Crippen LogP contribution in [0, 0.1) is 6.92 Å². The fourth-order valence-corrected chi connectivity index (χ4v) is 3.43. The van der Waals surface area contributed by atoms with Crippen LogP contribution < -0.4 is 5.32 Å². The van der Waals surface area contributed by atoms with Gasteiger partial charge in [0.1, 0.15) is 0 Å². The number of aryl methyl sites for hydroxylation is 1. The Labute approximate surface area is 171 Å². The van der Waals surface area contributed by atoms with Gasteiger partial charge in [-0.15, -0.1) is 0 Å². The van der Waals surface area contributed by atoms with E-state index in [1.54, 1.807) is 12.1 Å². The zero-order chi connectivity index (χ0) is 20.7. The van der Waals surface area contributed by atoms with Gasteiger partial charge in [-0.1, -0.05) is 54.1 Å². The van der Waals surface area contributed by atoms with Crippen molar-refractivity contribution in [2.24, 2.45) is 0 Å². The number of rotatable bonds is 1. The summed E-state index contributed by atoms with van der Waals surface area (Å²) in [5, 5.41) is 4.58. The molecule has 3 N–H and O–H groups in total. The van der Waals surface area contributed by atoms with Crippen molar-refractivity contribution in [1.29, 1.82) is 0 Å². The maximum Gasteiger partial charge on any atom is 0.294 e. The molecular formula is C23H24N2O3S. The Hall–Kier alpha value is -3.09. The average molecular weight is 409 g/mol. The summed E-state index contributed by atoms with van der Waals surface area (Å²) < 4.78 is 29.6. The normalized spacial score (nSPS) is 12.1. The van der Waals surface area contributed by atoms with E-state index in [9.17, 15) is 8.42 Å². The Kier molecular flexibility index (Phi) is 6.69. The highest BCUT2D eigenvalue weighted by Gasteiger charge is 2.07. The fourth-order valence-electron chi connectivity index (χ4n) is 2.95. The maximum atomic E-state index is 10.5. The van der Waals surface area contributed by atoms with Gasteiger partial charge >= 0.3 is 0 Å². The third-order valence-electron chi connectivity index (χ3n) is 4.51. The first-order valence-electron chi connectivity index (χ1n) is 9.31. The Morgan fingerprint density at radius 3 is 2.24 bits per heavy atom. The second-order valence-electron chi connectivity index (χ2n) is 6.69. The van der Waals surface area contributed by atoms with Gasteiger partial charge in [-0.2, -0.15) is 8.42 Å². The average Bonchev–Trinajstić information content (AvgIpc) is 3.38. The third kappa shape index (κ3) is 5.94. The summed E-state index contributed by atoms with van der Waals surface area (Å²) in [5.41, 5.74) is 4.94. The van der Waals surface area contributed by atoms with E-state index in [-0.39, 0.29) is 4.90 Å². The lowest BCUT2D eigenvalue weighted by molar-refractivity contribution is 0.483. The van der Waals surface area contributed by atoms with Crippen molar-refractivity contribution in [2.75, 3.05) is 11.9 Å². The molecule has 0 saturated carbocycles. The molecule has 1 aliphatic rings. The first-order valence-corrected chi connectivity index (χ1v) is 10.8. The summed E-state index contributed by atoms with van der Waals surface area (Å²) >= 11 is 0. The molecule has 29 heavy (non-hydrogen) atoms. The summed E-state index contributed by atoms with van der Waals surface area (Å²) in [6.45, 7) is 2.95. The van der Waals surface area contributed by atoms with E-state index in [2.05, 4.69) is 52.8 Å². The van der Waals surface area contributed by atoms with Crippen LogP contribution in [-0.2, 0) is 16.5 Å². The van der Waals surface area contributed by atoms with Crippen LogP contribution in [-0.4, -0.2) is 24.5 Å². The zero-order valence-corrected chi connectivity index (χ0v) is 17.0. The second kappa shape index (κ2) is 9.41. The number of H-pyrrole nitrogens is 1. The second-order valence-corrected chi connectivity index (χ2v) is 8.11. The van der Waals surface area contributed by atoms with Crippen LogP contribution in [0.1, 0.15) is 11.1 Å². The molecule has 1 aliphatic heterocycles. The van der Waals surface area contributed by atoms with Crippen LogP contribution >= 0.6 is 0 Å². The Morgan fingerprint density at radius 2 is 1.55 bits per heavy atom. The molecule has 1 aromatic heterocycles. The predicted octanol–water partition coefficient (Wildman–Crippen LogP) is 5.06. The van der Waals surface area contributed by atoms with Gasteiger partial charge in [-0.25, -0.2) is 0 Å². The number of para-hydroxylation sites is 2. The van der Waals surface area contributed by atoms with Crippen LogP contribution in [0.4, 0.5) is 5.69 Å². The van der Waals surface area contributed by atoms with Crippen LogP contribution in [0.15, 0.2) is 90.0 Å². The first kappa shape index (κ1) is 20.6. The highest BCUT2D eigenvalue weighted by Crippen LogP contribution is 2.20. The summed E-state index contributed by atoms with van der Waals surface area (Å²) in [4.78, 5) is 3.05. The topological polar surface area (TPSA) is 82.2 Å². The number of aromatic amines is 1. The molecular weight excluding hydrogens is 384 g/mol. The van der Waals surface area contributed by atoms with Crippen LogP contribution in [0.25, 0.3) is 10.9 Å². The number of aromatic nitrogens is 1. The fraction of sp³-hybridized carbons (Fsp3) is 0.130. The summed E-state index contributed by atoms with van der Waals surface area (Å²) in [6.07, 6.45) is 3.14. The summed E-state index contributed by atoms with van der Waals surface area (Å²) in [7, 11) is -4.02. The largest absolute Gasteiger partial charge is 0.384 e. The molecule has 0 spiro atoms. The first-order chi connectivity index (χ1) is 13.9. The van der Waals surface area contributed by atoms with E-state index in [0.717, 1.165) is 12.1 Å². The molecule has 4 aromatic rings. The number of fused-ring (bicyclic) bond motifs is 2. The van der Waals surface area contributed by atoms with Crippen molar-refractivity contribution in [3.05, 3.63) is 96.2 Å². The minimum atomic E-state index is -4.02. The molecule has 6 heteroatoms. The minimum Gasteiger partial charge on any atom is -0.384 e. The minimum absolute atomic E-state index is 0.0666. The Bertz CT molecular complexity index is 1110.